The van der Waals surface area contributed by atoms with Crippen molar-refractivity contribution >= 4 is 23.6 Å². The molecule has 0 bridgehead atoms. The Morgan fingerprint density at radius 3 is 2.37 bits per heavy atom. The number of anilines is 1. The van der Waals surface area contributed by atoms with E-state index in [2.05, 4.69) is 46.8 Å². The lowest BCUT2D eigenvalue weighted by atomic mass is 9.95. The lowest BCUT2D eigenvalue weighted by molar-refractivity contribution is -0.123. The van der Waals surface area contributed by atoms with Crippen LogP contribution in [0.3, 0.4) is 0 Å². The fourth-order valence-electron chi connectivity index (χ4n) is 5.70. The van der Waals surface area contributed by atoms with E-state index in [0.29, 0.717) is 6.04 Å². The van der Waals surface area contributed by atoms with Gasteiger partial charge >= 0.3 is 0 Å². The average Bonchev–Trinajstić information content (AvgIpc) is 3.15. The van der Waals surface area contributed by atoms with Crippen LogP contribution in [0.25, 0.3) is 6.08 Å². The summed E-state index contributed by atoms with van der Waals surface area (Å²) in [4.78, 5) is 26.3. The molecule has 1 aliphatic carbocycles. The van der Waals surface area contributed by atoms with Gasteiger partial charge in [0.25, 0.3) is 0 Å². The Hall–Kier alpha value is -2.86. The summed E-state index contributed by atoms with van der Waals surface area (Å²) in [5, 5.41) is 2.98. The largest absolute Gasteiger partial charge is 0.369 e. The van der Waals surface area contributed by atoms with Crippen molar-refractivity contribution in [1.82, 2.24) is 9.47 Å². The van der Waals surface area contributed by atoms with Crippen LogP contribution in [0.2, 0.25) is 0 Å². The van der Waals surface area contributed by atoms with Crippen molar-refractivity contribution in [3.8, 4) is 0 Å². The van der Waals surface area contributed by atoms with Gasteiger partial charge in [-0.05, 0) is 94.4 Å². The predicted octanol–water partition coefficient (Wildman–Crippen LogP) is 5.00. The molecule has 188 valence electrons. The molecule has 0 spiro atoms. The molecule has 6 nitrogen and oxygen atoms in total. The molecule has 2 heterocycles. The first-order valence-electron chi connectivity index (χ1n) is 13.2. The molecule has 1 saturated carbocycles. The number of primary amides is 1. The molecule has 2 aliphatic rings. The highest BCUT2D eigenvalue weighted by atomic mass is 16.1. The number of likely N-dealkylation sites (tertiary alicyclic amines) is 1. The van der Waals surface area contributed by atoms with E-state index in [1.54, 1.807) is 6.08 Å². The van der Waals surface area contributed by atoms with Crippen molar-refractivity contribution in [2.45, 2.75) is 71.3 Å². The minimum Gasteiger partial charge on any atom is -0.369 e. The third kappa shape index (κ3) is 6.63. The van der Waals surface area contributed by atoms with E-state index in [1.165, 1.54) is 49.1 Å². The Morgan fingerprint density at radius 2 is 1.71 bits per heavy atom. The molecule has 1 aromatic carbocycles. The highest BCUT2D eigenvalue weighted by molar-refractivity contribution is 6.02. The van der Waals surface area contributed by atoms with Crippen LogP contribution in [0.1, 0.15) is 73.5 Å². The molecule has 2 aromatic rings. The molecule has 3 N–H and O–H groups in total. The average molecular weight is 477 g/mol. The van der Waals surface area contributed by atoms with Crippen LogP contribution >= 0.6 is 0 Å². The third-order valence-corrected chi connectivity index (χ3v) is 7.81. The molecule has 0 unspecified atom stereocenters. The van der Waals surface area contributed by atoms with Crippen LogP contribution in [0.4, 0.5) is 5.69 Å². The second kappa shape index (κ2) is 11.7. The maximum Gasteiger partial charge on any atom is 0.248 e. The number of carbonyl (C=O) groups is 2. The Kier molecular flexibility index (Phi) is 8.45. The van der Waals surface area contributed by atoms with E-state index in [1.807, 2.05) is 18.2 Å². The van der Waals surface area contributed by atoms with Crippen molar-refractivity contribution in [1.29, 1.82) is 0 Å². The Balaban J connectivity index is 1.26. The van der Waals surface area contributed by atoms with Gasteiger partial charge in [0.05, 0.1) is 0 Å². The number of amides is 2. The maximum absolute atomic E-state index is 12.5. The Bertz CT molecular complexity index is 1040. The topological polar surface area (TPSA) is 80.4 Å². The first-order chi connectivity index (χ1) is 16.9. The quantitative estimate of drug-likeness (QED) is 0.526. The second-order valence-corrected chi connectivity index (χ2v) is 10.3. The van der Waals surface area contributed by atoms with Crippen LogP contribution in [0.5, 0.6) is 0 Å². The summed E-state index contributed by atoms with van der Waals surface area (Å²) in [6, 6.07) is 10.9. The normalized spacial score (nSPS) is 18.2. The summed E-state index contributed by atoms with van der Waals surface area (Å²) < 4.78 is 2.47. The molecule has 1 aromatic heterocycles. The molecule has 35 heavy (non-hydrogen) atoms. The van der Waals surface area contributed by atoms with Crippen LogP contribution in [-0.4, -0.2) is 40.9 Å². The fourth-order valence-corrected chi connectivity index (χ4v) is 5.70. The first-order valence-corrected chi connectivity index (χ1v) is 13.2. The smallest absolute Gasteiger partial charge is 0.248 e. The summed E-state index contributed by atoms with van der Waals surface area (Å²) >= 11 is 0. The monoisotopic (exact) mass is 476 g/mol. The number of aromatic nitrogens is 1. The summed E-state index contributed by atoms with van der Waals surface area (Å²) in [6.45, 7) is 7.16. The second-order valence-electron chi connectivity index (χ2n) is 10.3. The van der Waals surface area contributed by atoms with Crippen molar-refractivity contribution in [2.75, 3.05) is 25.0 Å². The van der Waals surface area contributed by atoms with Crippen LogP contribution in [0, 0.1) is 19.8 Å². The van der Waals surface area contributed by atoms with Gasteiger partial charge in [-0.25, -0.2) is 0 Å². The van der Waals surface area contributed by atoms with Gasteiger partial charge in [-0.15, -0.1) is 0 Å². The molecular weight excluding hydrogens is 436 g/mol. The van der Waals surface area contributed by atoms with Gasteiger partial charge in [0.1, 0.15) is 0 Å². The molecule has 2 amide bonds. The van der Waals surface area contributed by atoms with Gasteiger partial charge in [-0.3, -0.25) is 9.59 Å². The van der Waals surface area contributed by atoms with Gasteiger partial charge in [-0.1, -0.05) is 31.4 Å². The zero-order valence-electron chi connectivity index (χ0n) is 21.3. The number of nitrogens with one attached hydrogen (secondary N) is 1. The summed E-state index contributed by atoms with van der Waals surface area (Å²) in [7, 11) is 0. The lowest BCUT2D eigenvalue weighted by Gasteiger charge is -2.30. The van der Waals surface area contributed by atoms with Gasteiger partial charge in [0.15, 0.2) is 0 Å². The van der Waals surface area contributed by atoms with Gasteiger partial charge in [-0.2, -0.15) is 0 Å². The number of carbonyl (C=O) groups excluding carboxylic acids is 2. The van der Waals surface area contributed by atoms with Crippen LogP contribution in [-0.2, 0) is 16.0 Å². The molecular formula is C29H40N4O2. The zero-order chi connectivity index (χ0) is 24.8. The zero-order valence-corrected chi connectivity index (χ0v) is 21.3. The van der Waals surface area contributed by atoms with Gasteiger partial charge in [0, 0.05) is 41.7 Å². The number of nitrogens with zero attached hydrogens (tertiary/aromatic N) is 2. The molecule has 0 atom stereocenters. The maximum atomic E-state index is 12.5. The van der Waals surface area contributed by atoms with Crippen LogP contribution in [0.15, 0.2) is 36.4 Å². The van der Waals surface area contributed by atoms with Gasteiger partial charge < -0.3 is 20.5 Å². The molecule has 4 rings (SSSR count). The number of hydrogen-bond donors (Lipinski definition) is 2. The Morgan fingerprint density at radius 1 is 1.03 bits per heavy atom. The van der Waals surface area contributed by atoms with Crippen molar-refractivity contribution < 1.29 is 9.59 Å². The van der Waals surface area contributed by atoms with E-state index in [0.717, 1.165) is 50.1 Å². The minimum absolute atomic E-state index is 0.0351. The van der Waals surface area contributed by atoms with Crippen molar-refractivity contribution in [3.63, 3.8) is 0 Å². The number of benzene rings is 1. The van der Waals surface area contributed by atoms with Gasteiger partial charge in [0.2, 0.25) is 11.8 Å². The highest BCUT2D eigenvalue weighted by Gasteiger charge is 2.22. The van der Waals surface area contributed by atoms with Crippen LogP contribution < -0.4 is 11.1 Å². The number of nitrogens with two attached hydrogens (primary N) is 1. The lowest BCUT2D eigenvalue weighted by Crippen LogP contribution is -2.39. The first kappa shape index (κ1) is 25.2. The number of rotatable bonds is 8. The summed E-state index contributed by atoms with van der Waals surface area (Å²) in [5.41, 5.74) is 11.1. The molecule has 1 saturated heterocycles. The predicted molar refractivity (Wildman–Crippen MR) is 142 cm³/mol. The van der Waals surface area contributed by atoms with E-state index in [4.69, 9.17) is 5.73 Å². The van der Waals surface area contributed by atoms with E-state index in [9.17, 15) is 9.59 Å². The molecule has 1 aliphatic heterocycles. The van der Waals surface area contributed by atoms with Crippen molar-refractivity contribution in [2.24, 2.45) is 11.7 Å². The molecule has 0 radical (unpaired) electrons. The summed E-state index contributed by atoms with van der Waals surface area (Å²) in [5.74, 6) is -0.245. The van der Waals surface area contributed by atoms with E-state index >= 15 is 0 Å². The number of aryl methyl sites for hydroxylation is 1. The van der Waals surface area contributed by atoms with Crippen molar-refractivity contribution in [3.05, 3.63) is 58.9 Å². The minimum atomic E-state index is -0.166. The number of piperidine rings is 1. The summed E-state index contributed by atoms with van der Waals surface area (Å²) in [6.07, 6.45) is 12.7. The SMILES string of the molecule is Cc1cc(/C=C/C(=O)Nc2ccc(CCN3CCC(C(N)=O)CC3)cc2)c(C)n1C1CCCCC1. The number of hydrogen-bond acceptors (Lipinski definition) is 3. The van der Waals surface area contributed by atoms with E-state index < -0.39 is 0 Å². The van der Waals surface area contributed by atoms with E-state index in [-0.39, 0.29) is 17.7 Å². The molecule has 6 heteroatoms. The fraction of sp³-hybridized carbons (Fsp3) is 0.517. The highest BCUT2D eigenvalue weighted by Crippen LogP contribution is 2.32. The Labute approximate surface area is 209 Å². The molecule has 2 fully saturated rings. The third-order valence-electron chi connectivity index (χ3n) is 7.81. The standard InChI is InChI=1S/C29H40N4O2/c1-21-20-25(22(2)33(21)27-6-4-3-5-7-27)10-13-28(34)31-26-11-8-23(9-12-26)14-17-32-18-15-24(16-19-32)29(30)35/h8-13,20,24,27H,3-7,14-19H2,1-2H3,(H2,30,35)(H,31,34)/b13-10+.